The second-order valence-electron chi connectivity index (χ2n) is 22.7. The van der Waals surface area contributed by atoms with Crippen LogP contribution < -0.4 is 0 Å². The molecule has 0 fully saturated rings. The summed E-state index contributed by atoms with van der Waals surface area (Å²) in [7, 11) is 0. The number of ether oxygens (including phenoxy) is 3. The number of rotatable bonds is 62. The molecule has 0 aromatic carbocycles. The first-order valence-corrected chi connectivity index (χ1v) is 34.1. The summed E-state index contributed by atoms with van der Waals surface area (Å²) in [5, 5.41) is 0. The summed E-state index contributed by atoms with van der Waals surface area (Å²) in [6.45, 7) is 6.52. The number of hydrogen-bond acceptors (Lipinski definition) is 6. The van der Waals surface area contributed by atoms with Crippen molar-refractivity contribution in [3.8, 4) is 0 Å². The van der Waals surface area contributed by atoms with E-state index in [1.54, 1.807) is 0 Å². The van der Waals surface area contributed by atoms with Crippen molar-refractivity contribution in [3.05, 3.63) is 85.1 Å². The first-order chi connectivity index (χ1) is 39.0. The molecule has 6 nitrogen and oxygen atoms in total. The van der Waals surface area contributed by atoms with Gasteiger partial charge in [-0.1, -0.05) is 292 Å². The molecule has 0 amide bonds. The fourth-order valence-electron chi connectivity index (χ4n) is 9.76. The maximum absolute atomic E-state index is 12.9. The molecule has 79 heavy (non-hydrogen) atoms. The molecule has 1 unspecified atom stereocenters. The molecule has 0 saturated carbocycles. The van der Waals surface area contributed by atoms with E-state index in [2.05, 4.69) is 106 Å². The predicted octanol–water partition coefficient (Wildman–Crippen LogP) is 23.4. The second kappa shape index (κ2) is 67.1. The van der Waals surface area contributed by atoms with Gasteiger partial charge in [0.15, 0.2) is 6.10 Å². The molecule has 1 atom stereocenters. The molecule has 0 N–H and O–H groups in total. The third-order valence-corrected chi connectivity index (χ3v) is 14.9. The predicted molar refractivity (Wildman–Crippen MR) is 344 cm³/mol. The molecular weight excluding hydrogens is 973 g/mol. The fourth-order valence-corrected chi connectivity index (χ4v) is 9.76. The monoisotopic (exact) mass is 1100 g/mol. The Morgan fingerprint density at radius 2 is 0.494 bits per heavy atom. The van der Waals surface area contributed by atoms with E-state index in [-0.39, 0.29) is 31.1 Å². The van der Waals surface area contributed by atoms with Crippen LogP contribution in [-0.4, -0.2) is 37.2 Å². The minimum atomic E-state index is -0.784. The topological polar surface area (TPSA) is 78.9 Å². The van der Waals surface area contributed by atoms with Crippen LogP contribution in [0.3, 0.4) is 0 Å². The molecule has 0 heterocycles. The molecule has 0 aliphatic rings. The normalized spacial score (nSPS) is 12.6. The standard InChI is InChI=1S/C73H128O6/c1-4-7-10-13-16-19-22-25-28-30-31-32-33-34-35-36-37-38-39-40-41-43-45-48-51-54-57-60-63-66-72(75)78-69-70(68-77-71(74)65-62-59-56-53-50-47-44-27-24-21-18-15-12-9-6-3)79-73(76)67-64-61-58-55-52-49-46-42-29-26-23-20-17-14-11-8-5-2/h7,10,16-17,19-20,25-29,31-32,44,70H,4-6,8-9,11-15,18,21-24,30,33-43,45-69H2,1-3H3/b10-7-,19-16-,20-17-,28-25-,29-26-,32-31-,44-27-. The minimum absolute atomic E-state index is 0.0794. The Hall–Kier alpha value is -3.41. The maximum Gasteiger partial charge on any atom is 0.306 e. The Labute approximate surface area is 490 Å². The molecule has 0 bridgehead atoms. The zero-order valence-corrected chi connectivity index (χ0v) is 52.4. The quantitative estimate of drug-likeness (QED) is 0.0261. The van der Waals surface area contributed by atoms with Gasteiger partial charge in [-0.3, -0.25) is 14.4 Å². The van der Waals surface area contributed by atoms with Crippen LogP contribution in [0.4, 0.5) is 0 Å². The van der Waals surface area contributed by atoms with Crippen LogP contribution in [0.5, 0.6) is 0 Å². The summed E-state index contributed by atoms with van der Waals surface area (Å²) in [5.74, 6) is -0.879. The number of hydrogen-bond donors (Lipinski definition) is 0. The van der Waals surface area contributed by atoms with Gasteiger partial charge in [-0.2, -0.15) is 0 Å². The lowest BCUT2D eigenvalue weighted by atomic mass is 10.0. The fraction of sp³-hybridized carbons (Fsp3) is 0.767. The molecule has 456 valence electrons. The van der Waals surface area contributed by atoms with Crippen molar-refractivity contribution in [1.29, 1.82) is 0 Å². The number of esters is 3. The summed E-state index contributed by atoms with van der Waals surface area (Å²) >= 11 is 0. The Bertz CT molecular complexity index is 1500. The van der Waals surface area contributed by atoms with Gasteiger partial charge in [-0.15, -0.1) is 0 Å². The van der Waals surface area contributed by atoms with Gasteiger partial charge in [-0.05, 0) is 116 Å². The van der Waals surface area contributed by atoms with Gasteiger partial charge in [0.2, 0.25) is 0 Å². The van der Waals surface area contributed by atoms with E-state index in [9.17, 15) is 14.4 Å². The van der Waals surface area contributed by atoms with Gasteiger partial charge in [0.05, 0.1) is 0 Å². The van der Waals surface area contributed by atoms with Crippen molar-refractivity contribution >= 4 is 17.9 Å². The largest absolute Gasteiger partial charge is 0.462 e. The van der Waals surface area contributed by atoms with E-state index in [1.807, 2.05) is 0 Å². The lowest BCUT2D eigenvalue weighted by Crippen LogP contribution is -2.30. The highest BCUT2D eigenvalue weighted by Crippen LogP contribution is 2.17. The van der Waals surface area contributed by atoms with Gasteiger partial charge in [0.25, 0.3) is 0 Å². The highest BCUT2D eigenvalue weighted by atomic mass is 16.6. The molecule has 0 spiro atoms. The summed E-state index contributed by atoms with van der Waals surface area (Å²) in [6.07, 6.45) is 88.9. The van der Waals surface area contributed by atoms with Crippen molar-refractivity contribution in [2.45, 2.75) is 348 Å². The highest BCUT2D eigenvalue weighted by Gasteiger charge is 2.19. The zero-order valence-electron chi connectivity index (χ0n) is 52.4. The van der Waals surface area contributed by atoms with Gasteiger partial charge in [-0.25, -0.2) is 0 Å². The van der Waals surface area contributed by atoms with Crippen LogP contribution in [0.25, 0.3) is 0 Å². The van der Waals surface area contributed by atoms with Gasteiger partial charge in [0, 0.05) is 19.3 Å². The van der Waals surface area contributed by atoms with E-state index in [1.165, 1.54) is 199 Å². The Kier molecular flexibility index (Phi) is 64.2. The van der Waals surface area contributed by atoms with Crippen molar-refractivity contribution in [2.75, 3.05) is 13.2 Å². The third kappa shape index (κ3) is 65.3. The van der Waals surface area contributed by atoms with Crippen LogP contribution in [0.15, 0.2) is 85.1 Å². The second-order valence-corrected chi connectivity index (χ2v) is 22.7. The molecule has 0 radical (unpaired) electrons. The van der Waals surface area contributed by atoms with Crippen LogP contribution in [0.1, 0.15) is 342 Å². The van der Waals surface area contributed by atoms with E-state index in [0.717, 1.165) is 103 Å². The third-order valence-electron chi connectivity index (χ3n) is 14.9. The van der Waals surface area contributed by atoms with E-state index in [4.69, 9.17) is 14.2 Å². The van der Waals surface area contributed by atoms with Crippen molar-refractivity contribution in [2.24, 2.45) is 0 Å². The first-order valence-electron chi connectivity index (χ1n) is 34.1. The molecule has 0 aliphatic heterocycles. The first kappa shape index (κ1) is 75.6. The van der Waals surface area contributed by atoms with E-state index in [0.29, 0.717) is 19.3 Å². The van der Waals surface area contributed by atoms with Crippen LogP contribution in [0.2, 0.25) is 0 Å². The molecule has 6 heteroatoms. The van der Waals surface area contributed by atoms with Crippen LogP contribution in [0, 0.1) is 0 Å². The van der Waals surface area contributed by atoms with Gasteiger partial charge in [0.1, 0.15) is 13.2 Å². The highest BCUT2D eigenvalue weighted by molar-refractivity contribution is 5.71. The Morgan fingerprint density at radius 1 is 0.266 bits per heavy atom. The van der Waals surface area contributed by atoms with E-state index >= 15 is 0 Å². The summed E-state index contributed by atoms with van der Waals surface area (Å²) < 4.78 is 17.0. The number of carbonyl (C=O) groups is 3. The Balaban J connectivity index is 4.26. The number of carbonyl (C=O) groups excluding carboxylic acids is 3. The van der Waals surface area contributed by atoms with Gasteiger partial charge < -0.3 is 14.2 Å². The molecule has 0 rings (SSSR count). The van der Waals surface area contributed by atoms with Crippen molar-refractivity contribution in [3.63, 3.8) is 0 Å². The zero-order chi connectivity index (χ0) is 57.1. The van der Waals surface area contributed by atoms with Crippen molar-refractivity contribution < 1.29 is 28.6 Å². The lowest BCUT2D eigenvalue weighted by Gasteiger charge is -2.18. The van der Waals surface area contributed by atoms with Crippen LogP contribution in [-0.2, 0) is 28.6 Å². The summed E-state index contributed by atoms with van der Waals surface area (Å²) in [5.41, 5.74) is 0. The molecule has 0 saturated heterocycles. The van der Waals surface area contributed by atoms with Crippen LogP contribution >= 0.6 is 0 Å². The molecule has 0 aromatic heterocycles. The Morgan fingerprint density at radius 3 is 0.810 bits per heavy atom. The number of allylic oxidation sites excluding steroid dienone is 14. The average Bonchev–Trinajstić information content (AvgIpc) is 3.45. The number of unbranched alkanes of at least 4 members (excludes halogenated alkanes) is 37. The minimum Gasteiger partial charge on any atom is -0.462 e. The summed E-state index contributed by atoms with van der Waals surface area (Å²) in [6, 6.07) is 0. The molecule has 0 aliphatic carbocycles. The smallest absolute Gasteiger partial charge is 0.306 e. The lowest BCUT2D eigenvalue weighted by molar-refractivity contribution is -0.167. The van der Waals surface area contributed by atoms with Crippen molar-refractivity contribution in [1.82, 2.24) is 0 Å². The molecular formula is C73H128O6. The van der Waals surface area contributed by atoms with Gasteiger partial charge >= 0.3 is 17.9 Å². The summed E-state index contributed by atoms with van der Waals surface area (Å²) in [4.78, 5) is 38.4. The average molecular weight is 1100 g/mol. The van der Waals surface area contributed by atoms with E-state index < -0.39 is 6.10 Å². The maximum atomic E-state index is 12.9. The molecule has 0 aromatic rings. The SMILES string of the molecule is CC/C=C\C/C=C\C/C=C\C/C=C\CCCCCCCCCCCCCCCCCCC(=O)OCC(COC(=O)CCCCCCC/C=C\CCCCCCCC)OC(=O)CCCCCCCCC/C=C\C/C=C\CCCCC.